The largest absolute Gasteiger partial charge is 0.311 e. The van der Waals surface area contributed by atoms with Gasteiger partial charge in [-0.15, -0.1) is 0 Å². The van der Waals surface area contributed by atoms with E-state index in [1.54, 1.807) is 12.1 Å². The number of fused-ring (bicyclic) bond motifs is 1. The summed E-state index contributed by atoms with van der Waals surface area (Å²) in [6.07, 6.45) is 2.32. The normalized spacial score (nSPS) is 12.4. The molecule has 0 spiro atoms. The van der Waals surface area contributed by atoms with Crippen LogP contribution in [0.3, 0.4) is 0 Å². The number of rotatable bonds is 5. The van der Waals surface area contributed by atoms with Gasteiger partial charge < -0.3 is 4.90 Å². The molecular formula is C28H20FNO. The zero-order valence-corrected chi connectivity index (χ0v) is 16.8. The number of nitrogens with zero attached hydrogens (tertiary/aromatic N) is 1. The zero-order valence-electron chi connectivity index (χ0n) is 16.8. The first-order valence-corrected chi connectivity index (χ1v) is 10.2. The Morgan fingerprint density at radius 3 is 1.87 bits per heavy atom. The van der Waals surface area contributed by atoms with Crippen LogP contribution in [0.1, 0.15) is 21.5 Å². The Balaban J connectivity index is 1.43. The van der Waals surface area contributed by atoms with E-state index in [0.29, 0.717) is 23.1 Å². The first-order valence-electron chi connectivity index (χ1n) is 10.2. The molecule has 0 bridgehead atoms. The molecule has 0 aliphatic heterocycles. The Morgan fingerprint density at radius 1 is 0.677 bits per heavy atom. The number of carbonyl (C=O) groups excluding carboxylic acids is 1. The van der Waals surface area contributed by atoms with Crippen LogP contribution in [0.15, 0.2) is 109 Å². The highest BCUT2D eigenvalue weighted by atomic mass is 19.1. The van der Waals surface area contributed by atoms with Gasteiger partial charge in [0.15, 0.2) is 5.78 Å². The van der Waals surface area contributed by atoms with Gasteiger partial charge in [-0.05, 0) is 71.8 Å². The van der Waals surface area contributed by atoms with Crippen molar-refractivity contribution in [3.05, 3.63) is 131 Å². The molecule has 2 nitrogen and oxygen atoms in total. The first kappa shape index (κ1) is 19.0. The fourth-order valence-electron chi connectivity index (χ4n) is 4.00. The molecular weight excluding hydrogens is 385 g/mol. The van der Waals surface area contributed by atoms with Gasteiger partial charge in [-0.1, -0.05) is 48.5 Å². The van der Waals surface area contributed by atoms with E-state index >= 15 is 0 Å². The number of para-hydroxylation sites is 2. The minimum Gasteiger partial charge on any atom is -0.311 e. The number of carbonyl (C=O) groups is 1. The molecule has 4 aromatic carbocycles. The van der Waals surface area contributed by atoms with Crippen LogP contribution in [-0.4, -0.2) is 5.78 Å². The van der Waals surface area contributed by atoms with E-state index in [2.05, 4.69) is 41.3 Å². The molecule has 0 unspecified atom stereocenters. The number of ketones is 1. The van der Waals surface area contributed by atoms with Crippen LogP contribution in [0.2, 0.25) is 0 Å². The summed E-state index contributed by atoms with van der Waals surface area (Å²) in [7, 11) is 0. The molecule has 0 atom stereocenters. The Hall–Kier alpha value is -3.98. The van der Waals surface area contributed by atoms with Crippen molar-refractivity contribution < 1.29 is 9.18 Å². The van der Waals surface area contributed by atoms with Crippen molar-refractivity contribution in [3.8, 4) is 0 Å². The summed E-state index contributed by atoms with van der Waals surface area (Å²) >= 11 is 0. The van der Waals surface area contributed by atoms with Gasteiger partial charge in [0.1, 0.15) is 5.82 Å². The average molecular weight is 405 g/mol. The SMILES string of the molecule is O=C1C(Cc2ccc(N(c3ccccc3)c3ccccc3)cc2)=Cc2cc(F)ccc21. The van der Waals surface area contributed by atoms with Gasteiger partial charge in [-0.25, -0.2) is 4.39 Å². The molecule has 0 saturated carbocycles. The van der Waals surface area contributed by atoms with Crippen molar-refractivity contribution in [2.45, 2.75) is 6.42 Å². The second-order valence-electron chi connectivity index (χ2n) is 7.58. The fourth-order valence-corrected chi connectivity index (χ4v) is 4.00. The maximum Gasteiger partial charge on any atom is 0.189 e. The third kappa shape index (κ3) is 3.78. The molecule has 1 aliphatic rings. The molecule has 31 heavy (non-hydrogen) atoms. The standard InChI is InChI=1S/C28H20FNO/c29-23-13-16-27-21(19-23)18-22(28(27)31)17-20-11-14-26(15-12-20)30(24-7-3-1-4-8-24)25-9-5-2-6-10-25/h1-16,18-19H,17H2. The predicted octanol–water partition coefficient (Wildman–Crippen LogP) is 7.12. The summed E-state index contributed by atoms with van der Waals surface area (Å²) in [4.78, 5) is 14.9. The van der Waals surface area contributed by atoms with E-state index in [-0.39, 0.29) is 11.6 Å². The van der Waals surface area contributed by atoms with Crippen LogP contribution in [0.5, 0.6) is 0 Å². The third-order valence-corrected chi connectivity index (χ3v) is 5.50. The smallest absolute Gasteiger partial charge is 0.189 e. The summed E-state index contributed by atoms with van der Waals surface area (Å²) in [6, 6.07) is 33.0. The van der Waals surface area contributed by atoms with E-state index in [4.69, 9.17) is 0 Å². The van der Waals surface area contributed by atoms with E-state index in [1.807, 2.05) is 48.5 Å². The molecule has 0 radical (unpaired) electrons. The minimum absolute atomic E-state index is 0.0192. The van der Waals surface area contributed by atoms with Gasteiger partial charge in [-0.3, -0.25) is 4.79 Å². The van der Waals surface area contributed by atoms with Crippen LogP contribution < -0.4 is 4.90 Å². The van der Waals surface area contributed by atoms with E-state index in [0.717, 1.165) is 22.6 Å². The van der Waals surface area contributed by atoms with Gasteiger partial charge in [0.2, 0.25) is 0 Å². The minimum atomic E-state index is -0.324. The average Bonchev–Trinajstić information content (AvgIpc) is 3.11. The molecule has 0 amide bonds. The van der Waals surface area contributed by atoms with Crippen molar-refractivity contribution in [1.82, 2.24) is 0 Å². The monoisotopic (exact) mass is 405 g/mol. The van der Waals surface area contributed by atoms with Gasteiger partial charge in [-0.2, -0.15) is 0 Å². The molecule has 5 rings (SSSR count). The molecule has 0 fully saturated rings. The lowest BCUT2D eigenvalue weighted by molar-refractivity contribution is 0.103. The predicted molar refractivity (Wildman–Crippen MR) is 124 cm³/mol. The van der Waals surface area contributed by atoms with E-state index in [1.165, 1.54) is 12.1 Å². The van der Waals surface area contributed by atoms with Crippen LogP contribution in [-0.2, 0) is 6.42 Å². The maximum atomic E-state index is 13.5. The summed E-state index contributed by atoms with van der Waals surface area (Å²) in [5.74, 6) is -0.343. The van der Waals surface area contributed by atoms with Gasteiger partial charge in [0.25, 0.3) is 0 Å². The highest BCUT2D eigenvalue weighted by Gasteiger charge is 2.23. The zero-order chi connectivity index (χ0) is 21.2. The molecule has 0 aromatic heterocycles. The van der Waals surface area contributed by atoms with Crippen molar-refractivity contribution in [1.29, 1.82) is 0 Å². The maximum absolute atomic E-state index is 13.5. The Kier molecular flexibility index (Phi) is 4.93. The molecule has 0 heterocycles. The summed E-state index contributed by atoms with van der Waals surface area (Å²) in [5.41, 5.74) is 6.16. The van der Waals surface area contributed by atoms with Gasteiger partial charge in [0.05, 0.1) is 0 Å². The number of hydrogen-bond donors (Lipinski definition) is 0. The molecule has 3 heteroatoms. The Morgan fingerprint density at radius 2 is 1.26 bits per heavy atom. The number of hydrogen-bond acceptors (Lipinski definition) is 2. The molecule has 150 valence electrons. The van der Waals surface area contributed by atoms with Crippen LogP contribution >= 0.6 is 0 Å². The molecule has 0 N–H and O–H groups in total. The Bertz CT molecular complexity index is 1220. The number of allylic oxidation sites excluding steroid dienone is 1. The van der Waals surface area contributed by atoms with Gasteiger partial charge in [0, 0.05) is 34.6 Å². The second-order valence-corrected chi connectivity index (χ2v) is 7.58. The highest BCUT2D eigenvalue weighted by Crippen LogP contribution is 2.35. The summed E-state index contributed by atoms with van der Waals surface area (Å²) in [6.45, 7) is 0. The van der Waals surface area contributed by atoms with Crippen molar-refractivity contribution >= 4 is 28.9 Å². The van der Waals surface area contributed by atoms with Crippen molar-refractivity contribution in [2.75, 3.05) is 4.90 Å². The molecule has 0 saturated heterocycles. The Labute approximate surface area is 180 Å². The van der Waals surface area contributed by atoms with E-state index < -0.39 is 0 Å². The number of anilines is 3. The topological polar surface area (TPSA) is 20.3 Å². The number of halogens is 1. The summed E-state index contributed by atoms with van der Waals surface area (Å²) in [5, 5.41) is 0. The second kappa shape index (κ2) is 8.04. The first-order chi connectivity index (χ1) is 15.2. The van der Waals surface area contributed by atoms with Crippen molar-refractivity contribution in [3.63, 3.8) is 0 Å². The highest BCUT2D eigenvalue weighted by molar-refractivity contribution is 6.18. The third-order valence-electron chi connectivity index (χ3n) is 5.50. The van der Waals surface area contributed by atoms with Gasteiger partial charge >= 0.3 is 0 Å². The molecule has 4 aromatic rings. The van der Waals surface area contributed by atoms with Crippen LogP contribution in [0, 0.1) is 5.82 Å². The lowest BCUT2D eigenvalue weighted by Crippen LogP contribution is -2.09. The molecule has 1 aliphatic carbocycles. The number of Topliss-reactive ketones (excluding diaryl/α,β-unsaturated/α-hetero) is 1. The van der Waals surface area contributed by atoms with Crippen LogP contribution in [0.4, 0.5) is 21.5 Å². The lowest BCUT2D eigenvalue weighted by Gasteiger charge is -2.25. The van der Waals surface area contributed by atoms with Crippen molar-refractivity contribution in [2.24, 2.45) is 0 Å². The fraction of sp³-hybridized carbons (Fsp3) is 0.0357. The summed E-state index contributed by atoms with van der Waals surface area (Å²) < 4.78 is 13.5. The quantitative estimate of drug-likeness (QED) is 0.352. The van der Waals surface area contributed by atoms with Crippen LogP contribution in [0.25, 0.3) is 6.08 Å². The number of benzene rings is 4. The lowest BCUT2D eigenvalue weighted by atomic mass is 10.0. The van der Waals surface area contributed by atoms with E-state index in [9.17, 15) is 9.18 Å².